The molecule has 0 radical (unpaired) electrons. The summed E-state index contributed by atoms with van der Waals surface area (Å²) in [6.07, 6.45) is 2.10. The summed E-state index contributed by atoms with van der Waals surface area (Å²) in [6, 6.07) is 6.42. The minimum absolute atomic E-state index is 0. The average molecular weight is 399 g/mol. The first kappa shape index (κ1) is 18.9. The Labute approximate surface area is 134 Å². The lowest BCUT2D eigenvalue weighted by molar-refractivity contribution is -0.0498. The number of alkyl halides is 2. The molecule has 3 N–H and O–H groups in total. The standard InChI is InChI=1S/C13H19F2N3O.HI/c1-2-3-7-17-13(16)18-9-10-5-4-6-11(8-10)19-12(14)15;/h4-6,8,12H,2-3,7,9H2,1H3,(H3,16,17,18);1H. The van der Waals surface area contributed by atoms with Crippen LogP contribution in [-0.2, 0) is 6.54 Å². The Morgan fingerprint density at radius 3 is 2.85 bits per heavy atom. The predicted octanol–water partition coefficient (Wildman–Crippen LogP) is 3.11. The van der Waals surface area contributed by atoms with Crippen LogP contribution in [-0.4, -0.2) is 19.1 Å². The molecule has 0 fully saturated rings. The predicted molar refractivity (Wildman–Crippen MR) is 86.7 cm³/mol. The van der Waals surface area contributed by atoms with Crippen molar-refractivity contribution in [2.45, 2.75) is 32.9 Å². The number of aliphatic imine (C=N–C) groups is 1. The Hall–Kier alpha value is -1.12. The number of nitrogens with zero attached hydrogens (tertiary/aromatic N) is 1. The second-order valence-corrected chi connectivity index (χ2v) is 4.01. The Kier molecular flexibility index (Phi) is 10.0. The molecule has 1 aromatic carbocycles. The third kappa shape index (κ3) is 8.13. The van der Waals surface area contributed by atoms with E-state index in [0.717, 1.165) is 24.9 Å². The van der Waals surface area contributed by atoms with Crippen LogP contribution in [0, 0.1) is 0 Å². The fourth-order valence-electron chi connectivity index (χ4n) is 1.45. The molecule has 0 saturated carbocycles. The SMILES string of the molecule is CCCCNC(N)=NCc1cccc(OC(F)F)c1.I. The molecule has 1 aromatic rings. The van der Waals surface area contributed by atoms with Crippen LogP contribution in [0.4, 0.5) is 8.78 Å². The highest BCUT2D eigenvalue weighted by Crippen LogP contribution is 2.16. The second kappa shape index (κ2) is 10.6. The van der Waals surface area contributed by atoms with Gasteiger partial charge in [-0.15, -0.1) is 24.0 Å². The number of unbranched alkanes of at least 4 members (excludes halogenated alkanes) is 1. The minimum Gasteiger partial charge on any atom is -0.435 e. The van der Waals surface area contributed by atoms with Gasteiger partial charge in [0.1, 0.15) is 5.75 Å². The van der Waals surface area contributed by atoms with Gasteiger partial charge in [0, 0.05) is 6.54 Å². The molecule has 1 rings (SSSR count). The van der Waals surface area contributed by atoms with E-state index in [1.807, 2.05) is 0 Å². The molecule has 0 aliphatic heterocycles. The third-order valence-electron chi connectivity index (χ3n) is 2.39. The maximum Gasteiger partial charge on any atom is 0.387 e. The van der Waals surface area contributed by atoms with Crippen molar-refractivity contribution in [1.82, 2.24) is 5.32 Å². The number of halogens is 3. The van der Waals surface area contributed by atoms with Crippen LogP contribution < -0.4 is 15.8 Å². The lowest BCUT2D eigenvalue weighted by atomic mass is 10.2. The van der Waals surface area contributed by atoms with Crippen LogP contribution >= 0.6 is 24.0 Å². The van der Waals surface area contributed by atoms with Gasteiger partial charge in [-0.1, -0.05) is 25.5 Å². The smallest absolute Gasteiger partial charge is 0.387 e. The maximum absolute atomic E-state index is 12.1. The molecule has 0 atom stereocenters. The molecule has 0 saturated heterocycles. The third-order valence-corrected chi connectivity index (χ3v) is 2.39. The fourth-order valence-corrected chi connectivity index (χ4v) is 1.45. The van der Waals surface area contributed by atoms with E-state index in [2.05, 4.69) is 22.0 Å². The van der Waals surface area contributed by atoms with Crippen molar-refractivity contribution in [3.05, 3.63) is 29.8 Å². The summed E-state index contributed by atoms with van der Waals surface area (Å²) in [4.78, 5) is 4.13. The van der Waals surface area contributed by atoms with Crippen molar-refractivity contribution in [3.8, 4) is 5.75 Å². The minimum atomic E-state index is -2.82. The summed E-state index contributed by atoms with van der Waals surface area (Å²) in [5.74, 6) is 0.480. The van der Waals surface area contributed by atoms with Crippen molar-refractivity contribution in [3.63, 3.8) is 0 Å². The molecule has 0 spiro atoms. The van der Waals surface area contributed by atoms with Crippen molar-refractivity contribution >= 4 is 29.9 Å². The number of ether oxygens (including phenoxy) is 1. The summed E-state index contributed by atoms with van der Waals surface area (Å²) in [5.41, 5.74) is 6.43. The summed E-state index contributed by atoms with van der Waals surface area (Å²) >= 11 is 0. The lowest BCUT2D eigenvalue weighted by Crippen LogP contribution is -2.32. The molecule has 114 valence electrons. The molecule has 0 bridgehead atoms. The molecule has 0 amide bonds. The van der Waals surface area contributed by atoms with Gasteiger partial charge in [-0.2, -0.15) is 8.78 Å². The molecule has 0 heterocycles. The van der Waals surface area contributed by atoms with Crippen molar-refractivity contribution in [2.24, 2.45) is 10.7 Å². The van der Waals surface area contributed by atoms with E-state index < -0.39 is 6.61 Å². The molecule has 20 heavy (non-hydrogen) atoms. The van der Waals surface area contributed by atoms with E-state index >= 15 is 0 Å². The first-order valence-corrected chi connectivity index (χ1v) is 6.19. The van der Waals surface area contributed by atoms with Gasteiger partial charge in [-0.05, 0) is 24.1 Å². The van der Waals surface area contributed by atoms with Crippen LogP contribution in [0.2, 0.25) is 0 Å². The van der Waals surface area contributed by atoms with Gasteiger partial charge in [-0.3, -0.25) is 0 Å². The highest BCUT2D eigenvalue weighted by Gasteiger charge is 2.04. The van der Waals surface area contributed by atoms with Crippen molar-refractivity contribution in [2.75, 3.05) is 6.54 Å². The number of hydrogen-bond acceptors (Lipinski definition) is 2. The molecular formula is C13H20F2IN3O. The summed E-state index contributed by atoms with van der Waals surface area (Å²) in [6.45, 7) is 0.370. The number of guanidine groups is 1. The Morgan fingerprint density at radius 1 is 1.45 bits per heavy atom. The molecule has 4 nitrogen and oxygen atoms in total. The number of rotatable bonds is 7. The van der Waals surface area contributed by atoms with Gasteiger partial charge in [-0.25, -0.2) is 4.99 Å². The molecular weight excluding hydrogens is 379 g/mol. The topological polar surface area (TPSA) is 59.6 Å². The van der Waals surface area contributed by atoms with E-state index in [9.17, 15) is 8.78 Å². The Bertz CT molecular complexity index is 416. The zero-order chi connectivity index (χ0) is 14.1. The van der Waals surface area contributed by atoms with Gasteiger partial charge < -0.3 is 15.8 Å². The van der Waals surface area contributed by atoms with E-state index in [0.29, 0.717) is 12.5 Å². The summed E-state index contributed by atoms with van der Waals surface area (Å²) < 4.78 is 28.4. The van der Waals surface area contributed by atoms with Gasteiger partial charge in [0.05, 0.1) is 6.54 Å². The fraction of sp³-hybridized carbons (Fsp3) is 0.462. The van der Waals surface area contributed by atoms with Crippen LogP contribution in [0.5, 0.6) is 5.75 Å². The number of nitrogens with two attached hydrogens (primary N) is 1. The first-order valence-electron chi connectivity index (χ1n) is 6.19. The zero-order valence-electron chi connectivity index (χ0n) is 11.3. The van der Waals surface area contributed by atoms with Crippen molar-refractivity contribution in [1.29, 1.82) is 0 Å². The summed E-state index contributed by atoms with van der Waals surface area (Å²) in [7, 11) is 0. The van der Waals surface area contributed by atoms with Gasteiger partial charge in [0.25, 0.3) is 0 Å². The van der Waals surface area contributed by atoms with Gasteiger partial charge in [0.2, 0.25) is 0 Å². The summed E-state index contributed by atoms with van der Waals surface area (Å²) in [5, 5.41) is 2.98. The maximum atomic E-state index is 12.1. The van der Waals surface area contributed by atoms with Crippen molar-refractivity contribution < 1.29 is 13.5 Å². The lowest BCUT2D eigenvalue weighted by Gasteiger charge is -2.06. The van der Waals surface area contributed by atoms with Gasteiger partial charge >= 0.3 is 6.61 Å². The highest BCUT2D eigenvalue weighted by atomic mass is 127. The quantitative estimate of drug-likeness (QED) is 0.321. The van der Waals surface area contributed by atoms with Crippen LogP contribution in [0.1, 0.15) is 25.3 Å². The van der Waals surface area contributed by atoms with Crippen LogP contribution in [0.25, 0.3) is 0 Å². The number of benzene rings is 1. The Morgan fingerprint density at radius 2 is 2.20 bits per heavy atom. The second-order valence-electron chi connectivity index (χ2n) is 4.01. The molecule has 0 aliphatic rings. The molecule has 0 aromatic heterocycles. The van der Waals surface area contributed by atoms with E-state index in [1.54, 1.807) is 12.1 Å². The first-order chi connectivity index (χ1) is 9.11. The monoisotopic (exact) mass is 399 g/mol. The van der Waals surface area contributed by atoms with E-state index in [1.165, 1.54) is 12.1 Å². The Balaban J connectivity index is 0.00000361. The van der Waals surface area contributed by atoms with Crippen LogP contribution in [0.3, 0.4) is 0 Å². The molecule has 7 heteroatoms. The van der Waals surface area contributed by atoms with E-state index in [-0.39, 0.29) is 29.7 Å². The largest absolute Gasteiger partial charge is 0.435 e. The van der Waals surface area contributed by atoms with Crippen LogP contribution in [0.15, 0.2) is 29.3 Å². The number of nitrogens with one attached hydrogen (secondary N) is 1. The zero-order valence-corrected chi connectivity index (χ0v) is 13.6. The van der Waals surface area contributed by atoms with Gasteiger partial charge in [0.15, 0.2) is 5.96 Å². The normalized spacial score (nSPS) is 11.1. The molecule has 0 unspecified atom stereocenters. The average Bonchev–Trinajstić information content (AvgIpc) is 2.36. The number of hydrogen-bond donors (Lipinski definition) is 2. The highest BCUT2D eigenvalue weighted by molar-refractivity contribution is 14.0. The molecule has 0 aliphatic carbocycles. The van der Waals surface area contributed by atoms with E-state index in [4.69, 9.17) is 5.73 Å².